The van der Waals surface area contributed by atoms with Gasteiger partial charge in [0.2, 0.25) is 0 Å². The van der Waals surface area contributed by atoms with E-state index < -0.39 is 5.60 Å². The zero-order chi connectivity index (χ0) is 16.0. The van der Waals surface area contributed by atoms with Crippen LogP contribution in [0.4, 0.5) is 0 Å². The Morgan fingerprint density at radius 1 is 1.14 bits per heavy atom. The first-order valence-electron chi connectivity index (χ1n) is 8.48. The van der Waals surface area contributed by atoms with Crippen LogP contribution in [0.25, 0.3) is 0 Å². The molecule has 1 aliphatic heterocycles. The van der Waals surface area contributed by atoms with Crippen molar-refractivity contribution in [2.45, 2.75) is 51.7 Å². The third-order valence-electron chi connectivity index (χ3n) is 4.56. The number of piperidine rings is 1. The van der Waals surface area contributed by atoms with E-state index in [9.17, 15) is 5.11 Å². The highest BCUT2D eigenvalue weighted by Crippen LogP contribution is 2.20. The van der Waals surface area contributed by atoms with Gasteiger partial charge >= 0.3 is 0 Å². The van der Waals surface area contributed by atoms with Crippen LogP contribution >= 0.6 is 0 Å². The molecule has 1 fully saturated rings. The van der Waals surface area contributed by atoms with Crippen molar-refractivity contribution in [1.29, 1.82) is 0 Å². The van der Waals surface area contributed by atoms with Gasteiger partial charge in [-0.1, -0.05) is 24.3 Å². The van der Waals surface area contributed by atoms with Crippen LogP contribution in [0.2, 0.25) is 0 Å². The fourth-order valence-electron chi connectivity index (χ4n) is 3.07. The van der Waals surface area contributed by atoms with Crippen LogP contribution in [0.15, 0.2) is 24.3 Å². The Hall–Kier alpha value is -0.900. The first-order chi connectivity index (χ1) is 10.5. The number of rotatable bonds is 7. The Labute approximate surface area is 135 Å². The second-order valence-electron chi connectivity index (χ2n) is 7.30. The number of likely N-dealkylation sites (tertiary alicyclic amines) is 1. The Kier molecular flexibility index (Phi) is 6.42. The van der Waals surface area contributed by atoms with Crippen LogP contribution in [0.1, 0.15) is 44.2 Å². The fourth-order valence-corrected chi connectivity index (χ4v) is 3.07. The molecular formula is C19H31NO2. The standard InChI is InChI=1S/C19H31NO2/c1-19(2,21)11-8-16-4-6-17(7-5-16)14-20-12-9-18(10-13-20)15-22-3/h4-7,18,21H,8-15H2,1-3H3. The molecule has 2 rings (SSSR count). The van der Waals surface area contributed by atoms with Gasteiger partial charge in [-0.05, 0) is 69.7 Å². The summed E-state index contributed by atoms with van der Waals surface area (Å²) < 4.78 is 5.26. The SMILES string of the molecule is COCC1CCN(Cc2ccc(CCC(C)(C)O)cc2)CC1. The number of aliphatic hydroxyl groups is 1. The van der Waals surface area contributed by atoms with Crippen molar-refractivity contribution in [2.75, 3.05) is 26.8 Å². The van der Waals surface area contributed by atoms with Crippen molar-refractivity contribution in [1.82, 2.24) is 4.90 Å². The molecule has 0 aromatic heterocycles. The van der Waals surface area contributed by atoms with Crippen LogP contribution in [-0.2, 0) is 17.7 Å². The average molecular weight is 305 g/mol. The first-order valence-corrected chi connectivity index (χ1v) is 8.48. The van der Waals surface area contributed by atoms with Gasteiger partial charge < -0.3 is 9.84 Å². The zero-order valence-electron chi connectivity index (χ0n) is 14.3. The normalized spacial score (nSPS) is 17.8. The number of nitrogens with zero attached hydrogens (tertiary/aromatic N) is 1. The van der Waals surface area contributed by atoms with Crippen LogP contribution in [-0.4, -0.2) is 42.4 Å². The van der Waals surface area contributed by atoms with E-state index in [0.29, 0.717) is 0 Å². The molecule has 0 unspecified atom stereocenters. The van der Waals surface area contributed by atoms with Gasteiger partial charge in [-0.2, -0.15) is 0 Å². The van der Waals surface area contributed by atoms with Crippen LogP contribution in [0, 0.1) is 5.92 Å². The van der Waals surface area contributed by atoms with E-state index in [1.165, 1.54) is 37.1 Å². The summed E-state index contributed by atoms with van der Waals surface area (Å²) in [6, 6.07) is 8.89. The summed E-state index contributed by atoms with van der Waals surface area (Å²) >= 11 is 0. The molecule has 0 bridgehead atoms. The highest BCUT2D eigenvalue weighted by Gasteiger charge is 2.19. The van der Waals surface area contributed by atoms with E-state index in [-0.39, 0.29) is 0 Å². The zero-order valence-corrected chi connectivity index (χ0v) is 14.3. The molecule has 0 atom stereocenters. The summed E-state index contributed by atoms with van der Waals surface area (Å²) in [7, 11) is 1.80. The molecule has 1 aromatic carbocycles. The fraction of sp³-hybridized carbons (Fsp3) is 0.684. The first kappa shape index (κ1) is 17.5. The summed E-state index contributed by atoms with van der Waals surface area (Å²) in [6.45, 7) is 8.04. The van der Waals surface area contributed by atoms with Crippen molar-refractivity contribution in [2.24, 2.45) is 5.92 Å². The molecule has 0 aliphatic carbocycles. The molecule has 0 spiro atoms. The van der Waals surface area contributed by atoms with Crippen molar-refractivity contribution < 1.29 is 9.84 Å². The molecule has 0 radical (unpaired) electrons. The molecule has 0 amide bonds. The van der Waals surface area contributed by atoms with E-state index in [4.69, 9.17) is 4.74 Å². The number of hydrogen-bond acceptors (Lipinski definition) is 3. The third-order valence-corrected chi connectivity index (χ3v) is 4.56. The molecule has 124 valence electrons. The minimum Gasteiger partial charge on any atom is -0.390 e. The van der Waals surface area contributed by atoms with E-state index in [1.807, 2.05) is 13.8 Å². The molecule has 1 heterocycles. The lowest BCUT2D eigenvalue weighted by molar-refractivity contribution is 0.0714. The lowest BCUT2D eigenvalue weighted by Crippen LogP contribution is -2.34. The van der Waals surface area contributed by atoms with Crippen LogP contribution in [0.5, 0.6) is 0 Å². The third kappa shape index (κ3) is 6.07. The van der Waals surface area contributed by atoms with Gasteiger partial charge in [0.1, 0.15) is 0 Å². The summed E-state index contributed by atoms with van der Waals surface area (Å²) in [5, 5.41) is 9.79. The maximum Gasteiger partial charge on any atom is 0.0594 e. The van der Waals surface area contributed by atoms with Crippen molar-refractivity contribution in [3.05, 3.63) is 35.4 Å². The number of ether oxygens (including phenoxy) is 1. The highest BCUT2D eigenvalue weighted by atomic mass is 16.5. The molecule has 1 aliphatic rings. The van der Waals surface area contributed by atoms with E-state index in [1.54, 1.807) is 7.11 Å². The number of benzene rings is 1. The van der Waals surface area contributed by atoms with Gasteiger partial charge in [-0.3, -0.25) is 4.90 Å². The second kappa shape index (κ2) is 8.09. The molecular weight excluding hydrogens is 274 g/mol. The topological polar surface area (TPSA) is 32.7 Å². The maximum absolute atomic E-state index is 9.79. The Morgan fingerprint density at radius 3 is 2.27 bits per heavy atom. The monoisotopic (exact) mass is 305 g/mol. The van der Waals surface area contributed by atoms with Crippen molar-refractivity contribution in [3.8, 4) is 0 Å². The summed E-state index contributed by atoms with van der Waals surface area (Å²) in [4.78, 5) is 2.54. The minimum absolute atomic E-state index is 0.578. The lowest BCUT2D eigenvalue weighted by Gasteiger charge is -2.31. The van der Waals surface area contributed by atoms with Crippen molar-refractivity contribution >= 4 is 0 Å². The molecule has 3 heteroatoms. The predicted octanol–water partition coefficient (Wildman–Crippen LogP) is 3.25. The number of methoxy groups -OCH3 is 1. The highest BCUT2D eigenvalue weighted by molar-refractivity contribution is 5.22. The van der Waals surface area contributed by atoms with Gasteiger partial charge in [0, 0.05) is 20.3 Å². The lowest BCUT2D eigenvalue weighted by atomic mass is 9.96. The van der Waals surface area contributed by atoms with Crippen LogP contribution < -0.4 is 0 Å². The molecule has 1 N–H and O–H groups in total. The van der Waals surface area contributed by atoms with Gasteiger partial charge in [-0.15, -0.1) is 0 Å². The maximum atomic E-state index is 9.79. The largest absolute Gasteiger partial charge is 0.390 e. The average Bonchev–Trinajstić information content (AvgIpc) is 2.48. The van der Waals surface area contributed by atoms with E-state index in [0.717, 1.165) is 31.9 Å². The molecule has 1 saturated heterocycles. The van der Waals surface area contributed by atoms with Crippen molar-refractivity contribution in [3.63, 3.8) is 0 Å². The Balaban J connectivity index is 1.77. The Morgan fingerprint density at radius 2 is 1.73 bits per heavy atom. The van der Waals surface area contributed by atoms with Crippen LogP contribution in [0.3, 0.4) is 0 Å². The van der Waals surface area contributed by atoms with E-state index >= 15 is 0 Å². The number of hydrogen-bond donors (Lipinski definition) is 1. The smallest absolute Gasteiger partial charge is 0.0594 e. The quantitative estimate of drug-likeness (QED) is 0.839. The van der Waals surface area contributed by atoms with Gasteiger partial charge in [0.05, 0.1) is 5.60 Å². The summed E-state index contributed by atoms with van der Waals surface area (Å²) in [5.41, 5.74) is 2.12. The van der Waals surface area contributed by atoms with Gasteiger partial charge in [0.25, 0.3) is 0 Å². The van der Waals surface area contributed by atoms with E-state index in [2.05, 4.69) is 29.2 Å². The second-order valence-corrected chi connectivity index (χ2v) is 7.30. The Bertz CT molecular complexity index is 428. The van der Waals surface area contributed by atoms with Gasteiger partial charge in [0.15, 0.2) is 0 Å². The molecule has 1 aromatic rings. The number of aryl methyl sites for hydroxylation is 1. The summed E-state index contributed by atoms with van der Waals surface area (Å²) in [6.07, 6.45) is 4.24. The minimum atomic E-state index is -0.578. The molecule has 22 heavy (non-hydrogen) atoms. The molecule has 0 saturated carbocycles. The van der Waals surface area contributed by atoms with Gasteiger partial charge in [-0.25, -0.2) is 0 Å². The summed E-state index contributed by atoms with van der Waals surface area (Å²) in [5.74, 6) is 0.741. The predicted molar refractivity (Wildman–Crippen MR) is 90.9 cm³/mol. The molecule has 3 nitrogen and oxygen atoms in total.